The number of carboxylic acid groups (broad SMARTS) is 1. The minimum atomic E-state index is -2.15. The second kappa shape index (κ2) is 13.6. The highest BCUT2D eigenvalue weighted by Crippen LogP contribution is 2.42. The molecule has 196 valence electrons. The Labute approximate surface area is 212 Å². The molecule has 0 aliphatic carbocycles. The molecule has 0 saturated heterocycles. The molecule has 0 amide bonds. The second-order valence-corrected chi connectivity index (χ2v) is 49.7. The normalized spacial score (nSPS) is 16.3. The summed E-state index contributed by atoms with van der Waals surface area (Å²) < 4.78 is 25.9. The third-order valence-corrected chi connectivity index (χ3v) is 84.1. The van der Waals surface area contributed by atoms with Crippen LogP contribution in [0.4, 0.5) is 0 Å². The lowest BCUT2D eigenvalue weighted by Gasteiger charge is -2.58. The van der Waals surface area contributed by atoms with Gasteiger partial charge in [0, 0.05) is 0 Å². The van der Waals surface area contributed by atoms with E-state index in [9.17, 15) is 14.7 Å². The molecule has 0 heterocycles. The predicted molar refractivity (Wildman–Crippen MR) is 156 cm³/mol. The number of aliphatic carboxylic acids is 1. The summed E-state index contributed by atoms with van der Waals surface area (Å²) >= 11 is 0. The predicted octanol–water partition coefficient (Wildman–Crippen LogP) is 2.56. The van der Waals surface area contributed by atoms with Crippen molar-refractivity contribution in [2.75, 3.05) is 6.61 Å². The van der Waals surface area contributed by atoms with E-state index in [2.05, 4.69) is 58.9 Å². The fraction of sp³-hybridized carbons (Fsp3) is 0.895. The van der Waals surface area contributed by atoms with Gasteiger partial charge in [0.25, 0.3) is 0 Å². The average Bonchev–Trinajstić information content (AvgIpc) is 2.68. The van der Waals surface area contributed by atoms with Gasteiger partial charge < -0.3 is 22.2 Å². The molecule has 0 aromatic heterocycles. The van der Waals surface area contributed by atoms with Crippen molar-refractivity contribution in [2.45, 2.75) is 98.1 Å². The Morgan fingerprint density at radius 3 is 1.42 bits per heavy atom. The van der Waals surface area contributed by atoms with Crippen LogP contribution in [0.5, 0.6) is 0 Å². The minimum Gasteiger partial charge on any atom is -0.480 e. The number of hydrogen-bond donors (Lipinski definition) is 1. The molecule has 0 rings (SSSR count). The van der Waals surface area contributed by atoms with Crippen LogP contribution in [-0.2, 0) is 26.7 Å². The van der Waals surface area contributed by atoms with E-state index in [1.54, 1.807) is 13.8 Å². The Hall–Kier alpha value is 0.338. The summed E-state index contributed by atoms with van der Waals surface area (Å²) in [6.45, 7) is 22.6. The van der Waals surface area contributed by atoms with Gasteiger partial charge in [-0.3, -0.25) is 9.59 Å². The van der Waals surface area contributed by atoms with E-state index in [1.807, 2.05) is 0 Å². The SMILES string of the molecule is CCC(CC)(C(=O)O)C(=O)OCCC[Si]([Si](C)(C)O[SiH2]C)([Si](C)(C)O[SiH2]C)[Si](C)(C)O[SiH2]C. The van der Waals surface area contributed by atoms with Crippen molar-refractivity contribution in [2.24, 2.45) is 5.41 Å². The number of hydrogen-bond acceptors (Lipinski definition) is 6. The zero-order valence-corrected chi connectivity index (χ0v) is 31.3. The minimum absolute atomic E-state index is 0.231. The summed E-state index contributed by atoms with van der Waals surface area (Å²) in [5, 5.41) is 9.66. The van der Waals surface area contributed by atoms with E-state index in [-0.39, 0.29) is 19.4 Å². The lowest BCUT2D eigenvalue weighted by molar-refractivity contribution is -0.169. The van der Waals surface area contributed by atoms with Gasteiger partial charge in [0.2, 0.25) is 0 Å². The van der Waals surface area contributed by atoms with Crippen molar-refractivity contribution in [3.8, 4) is 0 Å². The summed E-state index contributed by atoms with van der Waals surface area (Å²) in [4.78, 5) is 24.6. The zero-order valence-electron chi connectivity index (χ0n) is 23.1. The van der Waals surface area contributed by atoms with E-state index in [0.29, 0.717) is 0 Å². The molecule has 0 radical (unpaired) electrons. The molecule has 0 unspecified atom stereocenters. The van der Waals surface area contributed by atoms with E-state index in [0.717, 1.165) is 12.5 Å². The maximum Gasteiger partial charge on any atom is 0.323 e. The van der Waals surface area contributed by atoms with Crippen LogP contribution in [0, 0.1) is 5.41 Å². The highest BCUT2D eigenvalue weighted by Gasteiger charge is 2.69. The zero-order chi connectivity index (χ0) is 26.1. The third kappa shape index (κ3) is 6.97. The van der Waals surface area contributed by atoms with Gasteiger partial charge in [-0.1, -0.05) is 39.5 Å². The molecule has 7 nitrogen and oxygen atoms in total. The van der Waals surface area contributed by atoms with Crippen LogP contribution in [0.25, 0.3) is 0 Å². The number of carbonyl (C=O) groups excluding carboxylic acids is 1. The smallest absolute Gasteiger partial charge is 0.323 e. The van der Waals surface area contributed by atoms with Gasteiger partial charge in [0.1, 0.15) is 35.9 Å². The maximum absolute atomic E-state index is 12.8. The Morgan fingerprint density at radius 2 is 1.15 bits per heavy atom. The molecule has 0 atom stereocenters. The average molecular weight is 587 g/mol. The van der Waals surface area contributed by atoms with Crippen LogP contribution in [0.2, 0.25) is 65.0 Å². The highest BCUT2D eigenvalue weighted by molar-refractivity contribution is 7.87. The molecule has 0 spiro atoms. The van der Waals surface area contributed by atoms with Gasteiger partial charge in [-0.25, -0.2) is 0 Å². The van der Waals surface area contributed by atoms with Crippen LogP contribution in [-0.4, -0.2) is 83.1 Å². The Kier molecular flexibility index (Phi) is 13.7. The van der Waals surface area contributed by atoms with Crippen LogP contribution >= 0.6 is 0 Å². The molecule has 0 aromatic rings. The monoisotopic (exact) mass is 586 g/mol. The van der Waals surface area contributed by atoms with E-state index in [1.165, 1.54) is 0 Å². The molecule has 0 aliphatic heterocycles. The summed E-state index contributed by atoms with van der Waals surface area (Å²) in [5.41, 5.74) is -1.45. The first kappa shape index (κ1) is 33.3. The topological polar surface area (TPSA) is 91.3 Å². The summed E-state index contributed by atoms with van der Waals surface area (Å²) in [7, 11) is -8.03. The largest absolute Gasteiger partial charge is 0.480 e. The lowest BCUT2D eigenvalue weighted by atomic mass is 9.82. The first-order valence-electron chi connectivity index (χ1n) is 12.4. The second-order valence-electron chi connectivity index (χ2n) is 10.1. The first-order valence-corrected chi connectivity index (χ1v) is 32.4. The molecule has 33 heavy (non-hydrogen) atoms. The van der Waals surface area contributed by atoms with Crippen molar-refractivity contribution in [3.63, 3.8) is 0 Å². The standard InChI is InChI=1S/C19H50O7Si7/c1-12-19(13-2,17(20)21)18(22)23-15-14-16-33(30(6,7)24-27-3,31(8,9)25-28-4)32(10,11)26-29-5/h12-16,27-29H2,1-11H3,(H,20,21). The van der Waals surface area contributed by atoms with Crippen molar-refractivity contribution >= 4 is 71.4 Å². The lowest BCUT2D eigenvalue weighted by Crippen LogP contribution is -2.87. The number of esters is 1. The molecule has 0 saturated carbocycles. The molecular formula is C19H50O7Si7. The molecule has 0 aromatic carbocycles. The Morgan fingerprint density at radius 1 is 0.788 bits per heavy atom. The molecular weight excluding hydrogens is 537 g/mol. The van der Waals surface area contributed by atoms with Crippen LogP contribution in [0.3, 0.4) is 0 Å². The number of carboxylic acids is 1. The molecule has 1 N–H and O–H groups in total. The van der Waals surface area contributed by atoms with Gasteiger partial charge >= 0.3 is 11.9 Å². The highest BCUT2D eigenvalue weighted by atomic mass is 29.9. The van der Waals surface area contributed by atoms with Crippen molar-refractivity contribution in [1.82, 2.24) is 0 Å². The maximum atomic E-state index is 12.8. The Bertz CT molecular complexity index is 594. The van der Waals surface area contributed by atoms with Crippen molar-refractivity contribution in [3.05, 3.63) is 0 Å². The first-order chi connectivity index (χ1) is 15.1. The van der Waals surface area contributed by atoms with E-state index >= 15 is 0 Å². The number of rotatable bonds is 17. The quantitative estimate of drug-likeness (QED) is 0.121. The van der Waals surface area contributed by atoms with Crippen LogP contribution in [0.1, 0.15) is 33.1 Å². The summed E-state index contributed by atoms with van der Waals surface area (Å²) in [6.07, 6.45) is 1.19. The molecule has 14 heteroatoms. The van der Waals surface area contributed by atoms with Gasteiger partial charge in [0.15, 0.2) is 28.9 Å². The van der Waals surface area contributed by atoms with Crippen LogP contribution < -0.4 is 0 Å². The van der Waals surface area contributed by atoms with Crippen LogP contribution in [0.15, 0.2) is 0 Å². The van der Waals surface area contributed by atoms with Gasteiger partial charge in [-0.05, 0) is 58.5 Å². The Balaban J connectivity index is 6.14. The van der Waals surface area contributed by atoms with Gasteiger partial charge in [0.05, 0.1) is 6.61 Å². The molecule has 0 aliphatic rings. The fourth-order valence-corrected chi connectivity index (χ4v) is 106. The number of carbonyl (C=O) groups is 2. The third-order valence-electron chi connectivity index (χ3n) is 7.54. The molecule has 0 bridgehead atoms. The van der Waals surface area contributed by atoms with Crippen molar-refractivity contribution < 1.29 is 31.8 Å². The van der Waals surface area contributed by atoms with E-state index in [4.69, 9.17) is 17.1 Å². The van der Waals surface area contributed by atoms with Gasteiger partial charge in [-0.2, -0.15) is 0 Å². The fourth-order valence-electron chi connectivity index (χ4n) is 6.10. The van der Waals surface area contributed by atoms with Gasteiger partial charge in [-0.15, -0.1) is 0 Å². The summed E-state index contributed by atoms with van der Waals surface area (Å²) in [6, 6.07) is 0.980. The number of ether oxygens (including phenoxy) is 1. The van der Waals surface area contributed by atoms with E-state index < -0.39 is 76.8 Å². The van der Waals surface area contributed by atoms with Crippen molar-refractivity contribution in [1.29, 1.82) is 0 Å². The molecule has 0 fully saturated rings. The summed E-state index contributed by atoms with van der Waals surface area (Å²) in [5.74, 6) is -1.70.